The highest BCUT2D eigenvalue weighted by molar-refractivity contribution is 6.31. The minimum atomic E-state index is -1.03. The summed E-state index contributed by atoms with van der Waals surface area (Å²) in [6, 6.07) is 20.0. The van der Waals surface area contributed by atoms with Crippen LogP contribution in [0.4, 0.5) is 30.2 Å². The van der Waals surface area contributed by atoms with Crippen molar-refractivity contribution in [1.82, 2.24) is 25.0 Å². The fraction of sp³-hybridized carbons (Fsp3) is 0.378. The maximum Gasteiger partial charge on any atom is 0.234 e. The number of anilines is 3. The second-order valence-electron chi connectivity index (χ2n) is 16.1. The molecule has 59 heavy (non-hydrogen) atoms. The molecule has 4 aliphatic heterocycles. The zero-order chi connectivity index (χ0) is 40.6. The Balaban J connectivity index is 0.833. The lowest BCUT2D eigenvalue weighted by Gasteiger charge is -2.40. The number of halogens is 4. The minimum absolute atomic E-state index is 0.0995. The molecule has 4 aliphatic rings. The van der Waals surface area contributed by atoms with Crippen LogP contribution in [0, 0.1) is 17.6 Å². The summed E-state index contributed by atoms with van der Waals surface area (Å²) >= 11 is 6.54. The predicted octanol–water partition coefficient (Wildman–Crippen LogP) is 7.64. The monoisotopic (exact) mass is 822 g/mol. The Morgan fingerprint density at radius 3 is 2.17 bits per heavy atom. The molecule has 3 aromatic carbocycles. The zero-order valence-electron chi connectivity index (χ0n) is 32.7. The number of pyridine rings is 1. The highest BCUT2D eigenvalue weighted by atomic mass is 35.5. The first-order valence-corrected chi connectivity index (χ1v) is 20.9. The van der Waals surface area contributed by atoms with Crippen LogP contribution in [-0.4, -0.2) is 96.6 Å². The normalized spacial score (nSPS) is 20.7. The van der Waals surface area contributed by atoms with Crippen molar-refractivity contribution in [1.29, 1.82) is 0 Å². The van der Waals surface area contributed by atoms with Crippen LogP contribution in [0.2, 0.25) is 5.02 Å². The molecule has 0 saturated carbocycles. The molecular formula is C45H46ClF3N8O2. The van der Waals surface area contributed by atoms with Gasteiger partial charge in [-0.1, -0.05) is 23.7 Å². The number of carbonyl (C=O) groups excluding carboxylic acids is 2. The summed E-state index contributed by atoms with van der Waals surface area (Å²) < 4.78 is 48.0. The molecule has 2 aromatic heterocycles. The number of alkyl halides is 1. The average molecular weight is 823 g/mol. The van der Waals surface area contributed by atoms with Gasteiger partial charge in [0.05, 0.1) is 23.0 Å². The first-order valence-electron chi connectivity index (χ1n) is 20.5. The van der Waals surface area contributed by atoms with Crippen LogP contribution in [0.15, 0.2) is 85.3 Å². The lowest BCUT2D eigenvalue weighted by atomic mass is 9.90. The summed E-state index contributed by atoms with van der Waals surface area (Å²) in [5, 5.41) is 7.60. The fourth-order valence-electron chi connectivity index (χ4n) is 9.10. The summed E-state index contributed by atoms with van der Waals surface area (Å²) in [6.45, 7) is 6.56. The number of piperidine rings is 2. The number of benzene rings is 3. The van der Waals surface area contributed by atoms with Crippen molar-refractivity contribution in [2.24, 2.45) is 5.92 Å². The van der Waals surface area contributed by atoms with Crippen molar-refractivity contribution < 1.29 is 22.8 Å². The van der Waals surface area contributed by atoms with Crippen molar-refractivity contribution in [3.8, 4) is 28.1 Å². The Bertz CT molecular complexity index is 2330. The van der Waals surface area contributed by atoms with Crippen LogP contribution in [0.5, 0.6) is 0 Å². The van der Waals surface area contributed by atoms with Gasteiger partial charge in [-0.15, -0.1) is 0 Å². The topological polar surface area (TPSA) is 89.8 Å². The molecule has 4 saturated heterocycles. The van der Waals surface area contributed by atoms with Gasteiger partial charge in [-0.3, -0.25) is 24.8 Å². The SMILES string of the molecule is O=C1CC[C@H](c2ccc(N3CCC(CN4CCN(c5ccc(-n6cc(-c7cc(Cl)cc(N8CC[C@@H](F)C8)c7F)c(-c7ccncc7)n6)cc5F)CC4)CC3)cc2)C(=O)N1. The van der Waals surface area contributed by atoms with Crippen molar-refractivity contribution in [2.75, 3.05) is 73.6 Å². The summed E-state index contributed by atoms with van der Waals surface area (Å²) in [5.41, 5.74) is 5.27. The number of imide groups is 1. The van der Waals surface area contributed by atoms with E-state index in [4.69, 9.17) is 16.7 Å². The molecule has 0 aliphatic carbocycles. The number of rotatable bonds is 9. The van der Waals surface area contributed by atoms with Crippen molar-refractivity contribution in [3.05, 3.63) is 108 Å². The Morgan fingerprint density at radius 1 is 0.746 bits per heavy atom. The van der Waals surface area contributed by atoms with Crippen LogP contribution >= 0.6 is 11.6 Å². The minimum Gasteiger partial charge on any atom is -0.372 e. The third kappa shape index (κ3) is 8.27. The fourth-order valence-corrected chi connectivity index (χ4v) is 9.31. The number of hydrogen-bond acceptors (Lipinski definition) is 8. The molecule has 14 heteroatoms. The van der Waals surface area contributed by atoms with Gasteiger partial charge in [0.2, 0.25) is 11.8 Å². The second kappa shape index (κ2) is 16.7. The van der Waals surface area contributed by atoms with Gasteiger partial charge in [0.25, 0.3) is 0 Å². The van der Waals surface area contributed by atoms with Crippen LogP contribution in [0.1, 0.15) is 43.6 Å². The van der Waals surface area contributed by atoms with Crippen LogP contribution in [0.3, 0.4) is 0 Å². The number of piperazine rings is 1. The molecule has 1 N–H and O–H groups in total. The molecule has 4 fully saturated rings. The van der Waals surface area contributed by atoms with E-state index in [2.05, 4.69) is 37.1 Å². The molecule has 0 spiro atoms. The number of hydrogen-bond donors (Lipinski definition) is 1. The summed E-state index contributed by atoms with van der Waals surface area (Å²) in [5.74, 6) is -0.970. The van der Waals surface area contributed by atoms with Crippen LogP contribution < -0.4 is 20.0 Å². The Kier molecular flexibility index (Phi) is 11.1. The molecule has 9 rings (SSSR count). The second-order valence-corrected chi connectivity index (χ2v) is 16.6. The average Bonchev–Trinajstić information content (AvgIpc) is 3.90. The van der Waals surface area contributed by atoms with E-state index in [1.807, 2.05) is 18.2 Å². The van der Waals surface area contributed by atoms with Crippen molar-refractivity contribution in [3.63, 3.8) is 0 Å². The molecule has 6 heterocycles. The first-order chi connectivity index (χ1) is 28.7. The Labute approximate surface area is 346 Å². The summed E-state index contributed by atoms with van der Waals surface area (Å²) in [6.07, 6.45) is 7.36. The van der Waals surface area contributed by atoms with Gasteiger partial charge in [-0.05, 0) is 85.7 Å². The van der Waals surface area contributed by atoms with E-state index >= 15 is 8.78 Å². The van der Waals surface area contributed by atoms with E-state index in [0.29, 0.717) is 78.0 Å². The standard InChI is InChI=1S/C45H46ClF3N8O2/c46-32-23-37(43(49)41(24-32)56-18-13-33(47)27-56)38-28-57(52-44(38)31-9-14-50-15-10-31)35-5-7-40(39(48)25-35)55-21-19-53(20-22-55)26-29-11-16-54(17-12-29)34-3-1-30(2-4-34)36-6-8-42(58)51-45(36)59/h1-5,7,9-10,14-15,23-25,28-29,33,36H,6,8,11-13,16-22,26-27H2,(H,51,58,59)/t33-,36-/m1/s1. The summed E-state index contributed by atoms with van der Waals surface area (Å²) in [7, 11) is 0. The molecule has 2 amide bonds. The van der Waals surface area contributed by atoms with E-state index in [9.17, 15) is 14.0 Å². The lowest BCUT2D eigenvalue weighted by Crippen LogP contribution is -2.49. The van der Waals surface area contributed by atoms with Gasteiger partial charge in [-0.2, -0.15) is 5.10 Å². The quantitative estimate of drug-likeness (QED) is 0.152. The molecule has 0 radical (unpaired) electrons. The molecule has 2 atom stereocenters. The smallest absolute Gasteiger partial charge is 0.234 e. The highest BCUT2D eigenvalue weighted by Crippen LogP contribution is 2.40. The van der Waals surface area contributed by atoms with E-state index in [-0.39, 0.29) is 41.3 Å². The number of nitrogens with one attached hydrogen (secondary N) is 1. The zero-order valence-corrected chi connectivity index (χ0v) is 33.4. The van der Waals surface area contributed by atoms with Crippen LogP contribution in [0.25, 0.3) is 28.1 Å². The van der Waals surface area contributed by atoms with Gasteiger partial charge in [0.1, 0.15) is 17.7 Å². The summed E-state index contributed by atoms with van der Waals surface area (Å²) in [4.78, 5) is 36.7. The molecule has 0 bridgehead atoms. The first kappa shape index (κ1) is 39.1. The van der Waals surface area contributed by atoms with Crippen molar-refractivity contribution in [2.45, 2.75) is 44.2 Å². The maximum atomic E-state index is 16.3. The van der Waals surface area contributed by atoms with E-state index in [1.165, 1.54) is 12.1 Å². The van der Waals surface area contributed by atoms with Gasteiger partial charge in [0.15, 0.2) is 5.82 Å². The number of carbonyl (C=O) groups is 2. The van der Waals surface area contributed by atoms with Gasteiger partial charge < -0.3 is 14.7 Å². The Hall–Kier alpha value is -5.40. The maximum absolute atomic E-state index is 16.3. The Morgan fingerprint density at radius 2 is 1.47 bits per heavy atom. The number of aromatic nitrogens is 3. The molecule has 5 aromatic rings. The lowest BCUT2D eigenvalue weighted by molar-refractivity contribution is -0.134. The van der Waals surface area contributed by atoms with Crippen LogP contribution in [-0.2, 0) is 9.59 Å². The van der Waals surface area contributed by atoms with E-state index in [1.54, 1.807) is 52.4 Å². The number of nitrogens with zero attached hydrogens (tertiary/aromatic N) is 7. The van der Waals surface area contributed by atoms with Gasteiger partial charge >= 0.3 is 0 Å². The molecule has 306 valence electrons. The molecule has 0 unspecified atom stereocenters. The molecular weight excluding hydrogens is 777 g/mol. The van der Waals surface area contributed by atoms with E-state index < -0.39 is 12.0 Å². The van der Waals surface area contributed by atoms with Gasteiger partial charge in [-0.25, -0.2) is 17.9 Å². The third-order valence-corrected chi connectivity index (χ3v) is 12.6. The largest absolute Gasteiger partial charge is 0.372 e. The van der Waals surface area contributed by atoms with Crippen molar-refractivity contribution >= 4 is 40.5 Å². The third-order valence-electron chi connectivity index (χ3n) is 12.4. The number of amides is 2. The highest BCUT2D eigenvalue weighted by Gasteiger charge is 2.30. The van der Waals surface area contributed by atoms with Gasteiger partial charge in [0, 0.05) is 117 Å². The predicted molar refractivity (Wildman–Crippen MR) is 224 cm³/mol. The van der Waals surface area contributed by atoms with E-state index in [0.717, 1.165) is 56.8 Å². The molecule has 10 nitrogen and oxygen atoms in total.